The van der Waals surface area contributed by atoms with E-state index < -0.39 is 0 Å². The van der Waals surface area contributed by atoms with Crippen LogP contribution in [0.25, 0.3) is 11.3 Å². The molecule has 110 valence electrons. The number of nitrogens with one attached hydrogen (secondary N) is 1. The Kier molecular flexibility index (Phi) is 3.89. The average Bonchev–Trinajstić information content (AvgIpc) is 3.12. The SMILES string of the molecule is Cc1nc(-c2c(N)nsc2NCCc2ccn(C)n2)cs1. The first kappa shape index (κ1) is 14.0. The van der Waals surface area contributed by atoms with Gasteiger partial charge in [0.05, 0.1) is 22.0 Å². The van der Waals surface area contributed by atoms with E-state index in [4.69, 9.17) is 5.73 Å². The Morgan fingerprint density at radius 3 is 2.95 bits per heavy atom. The molecule has 8 heteroatoms. The molecule has 0 aromatic carbocycles. The summed E-state index contributed by atoms with van der Waals surface area (Å²) in [4.78, 5) is 4.49. The number of rotatable bonds is 5. The molecular weight excluding hydrogens is 304 g/mol. The molecule has 0 aliphatic rings. The van der Waals surface area contributed by atoms with Gasteiger partial charge in [-0.3, -0.25) is 4.68 Å². The van der Waals surface area contributed by atoms with Crippen LogP contribution in [0.1, 0.15) is 10.7 Å². The minimum absolute atomic E-state index is 0.533. The van der Waals surface area contributed by atoms with E-state index in [2.05, 4.69) is 19.8 Å². The number of hydrogen-bond acceptors (Lipinski definition) is 7. The summed E-state index contributed by atoms with van der Waals surface area (Å²) in [5, 5.41) is 11.8. The summed E-state index contributed by atoms with van der Waals surface area (Å²) in [7, 11) is 1.92. The molecule has 0 saturated heterocycles. The quantitative estimate of drug-likeness (QED) is 0.755. The van der Waals surface area contributed by atoms with Crippen molar-refractivity contribution in [3.63, 3.8) is 0 Å². The van der Waals surface area contributed by atoms with Crippen molar-refractivity contribution in [2.75, 3.05) is 17.6 Å². The number of nitrogens with zero attached hydrogens (tertiary/aromatic N) is 4. The average molecular weight is 320 g/mol. The summed E-state index contributed by atoms with van der Waals surface area (Å²) in [5.74, 6) is 0.533. The number of hydrogen-bond donors (Lipinski definition) is 2. The highest BCUT2D eigenvalue weighted by molar-refractivity contribution is 7.11. The fourth-order valence-corrected chi connectivity index (χ4v) is 3.40. The molecule has 21 heavy (non-hydrogen) atoms. The normalized spacial score (nSPS) is 11.0. The lowest BCUT2D eigenvalue weighted by Gasteiger charge is -2.04. The predicted octanol–water partition coefficient (Wildman–Crippen LogP) is 2.55. The van der Waals surface area contributed by atoms with Crippen LogP contribution in [0.3, 0.4) is 0 Å². The summed E-state index contributed by atoms with van der Waals surface area (Å²) in [6.45, 7) is 2.77. The summed E-state index contributed by atoms with van der Waals surface area (Å²) >= 11 is 2.99. The second kappa shape index (κ2) is 5.82. The molecule has 0 radical (unpaired) electrons. The third-order valence-corrected chi connectivity index (χ3v) is 4.62. The van der Waals surface area contributed by atoms with E-state index >= 15 is 0 Å². The maximum absolute atomic E-state index is 5.98. The van der Waals surface area contributed by atoms with Crippen molar-refractivity contribution in [3.05, 3.63) is 28.3 Å². The Morgan fingerprint density at radius 1 is 1.43 bits per heavy atom. The van der Waals surface area contributed by atoms with Crippen LogP contribution in [0.2, 0.25) is 0 Å². The molecule has 6 nitrogen and oxygen atoms in total. The predicted molar refractivity (Wildman–Crippen MR) is 87.8 cm³/mol. The van der Waals surface area contributed by atoms with Crippen LogP contribution in [0, 0.1) is 6.92 Å². The molecule has 0 aliphatic carbocycles. The zero-order valence-corrected chi connectivity index (χ0v) is 13.5. The van der Waals surface area contributed by atoms with Gasteiger partial charge < -0.3 is 11.1 Å². The highest BCUT2D eigenvalue weighted by Crippen LogP contribution is 2.36. The van der Waals surface area contributed by atoms with Crippen molar-refractivity contribution < 1.29 is 0 Å². The van der Waals surface area contributed by atoms with Crippen LogP contribution in [0.5, 0.6) is 0 Å². The Balaban J connectivity index is 1.71. The zero-order chi connectivity index (χ0) is 14.8. The number of nitrogen functional groups attached to an aromatic ring is 1. The van der Waals surface area contributed by atoms with E-state index in [0.29, 0.717) is 5.82 Å². The van der Waals surface area contributed by atoms with Gasteiger partial charge in [-0.1, -0.05) is 0 Å². The van der Waals surface area contributed by atoms with E-state index in [1.165, 1.54) is 11.5 Å². The van der Waals surface area contributed by atoms with E-state index in [-0.39, 0.29) is 0 Å². The maximum atomic E-state index is 5.98. The summed E-state index contributed by atoms with van der Waals surface area (Å²) in [6.07, 6.45) is 2.80. The fourth-order valence-electron chi connectivity index (χ4n) is 2.05. The third kappa shape index (κ3) is 3.06. The highest BCUT2D eigenvalue weighted by Gasteiger charge is 2.15. The molecule has 0 unspecified atom stereocenters. The van der Waals surface area contributed by atoms with Gasteiger partial charge in [-0.2, -0.15) is 9.47 Å². The number of aromatic nitrogens is 4. The molecule has 0 bridgehead atoms. The zero-order valence-electron chi connectivity index (χ0n) is 11.8. The summed E-state index contributed by atoms with van der Waals surface area (Å²) in [6, 6.07) is 2.02. The fraction of sp³-hybridized carbons (Fsp3) is 0.308. The van der Waals surface area contributed by atoms with Crippen molar-refractivity contribution in [2.24, 2.45) is 7.05 Å². The summed E-state index contributed by atoms with van der Waals surface area (Å²) < 4.78 is 6.04. The van der Waals surface area contributed by atoms with Gasteiger partial charge in [0.15, 0.2) is 0 Å². The van der Waals surface area contributed by atoms with Gasteiger partial charge >= 0.3 is 0 Å². The Hall–Kier alpha value is -1.93. The standard InChI is InChI=1S/C13H16N6S2/c1-8-16-10(7-20-8)11-12(14)18-21-13(11)15-5-3-9-4-6-19(2)17-9/h4,6-7,15H,3,5H2,1-2H3,(H2,14,18). The lowest BCUT2D eigenvalue weighted by molar-refractivity contribution is 0.742. The topological polar surface area (TPSA) is 81.6 Å². The van der Waals surface area contributed by atoms with E-state index in [1.807, 2.05) is 36.3 Å². The molecule has 0 fully saturated rings. The van der Waals surface area contributed by atoms with Crippen LogP contribution in [0.4, 0.5) is 10.8 Å². The third-order valence-electron chi connectivity index (χ3n) is 3.03. The number of nitrogens with two attached hydrogens (primary N) is 1. The molecule has 3 heterocycles. The lowest BCUT2D eigenvalue weighted by Crippen LogP contribution is -2.05. The second-order valence-corrected chi connectivity index (χ2v) is 6.52. The molecule has 0 atom stereocenters. The van der Waals surface area contributed by atoms with Crippen molar-refractivity contribution in [3.8, 4) is 11.3 Å². The highest BCUT2D eigenvalue weighted by atomic mass is 32.1. The molecule has 3 N–H and O–H groups in total. The molecule has 3 aromatic rings. The van der Waals surface area contributed by atoms with E-state index in [1.54, 1.807) is 11.3 Å². The van der Waals surface area contributed by atoms with E-state index in [0.717, 1.165) is 39.9 Å². The van der Waals surface area contributed by atoms with Crippen LogP contribution in [0.15, 0.2) is 17.6 Å². The first-order valence-corrected chi connectivity index (χ1v) is 8.19. The molecule has 3 rings (SSSR count). The lowest BCUT2D eigenvalue weighted by atomic mass is 10.2. The molecule has 0 amide bonds. The number of thiazole rings is 1. The Morgan fingerprint density at radius 2 is 2.29 bits per heavy atom. The van der Waals surface area contributed by atoms with Gasteiger partial charge in [0, 0.05) is 31.6 Å². The summed E-state index contributed by atoms with van der Waals surface area (Å²) in [5.41, 5.74) is 8.84. The molecule has 3 aromatic heterocycles. The van der Waals surface area contributed by atoms with Gasteiger partial charge in [0.1, 0.15) is 10.8 Å². The van der Waals surface area contributed by atoms with Crippen molar-refractivity contribution in [2.45, 2.75) is 13.3 Å². The monoisotopic (exact) mass is 320 g/mol. The van der Waals surface area contributed by atoms with Gasteiger partial charge in [-0.05, 0) is 24.5 Å². The van der Waals surface area contributed by atoms with Crippen LogP contribution < -0.4 is 11.1 Å². The van der Waals surface area contributed by atoms with Crippen molar-refractivity contribution in [1.29, 1.82) is 0 Å². The minimum atomic E-state index is 0.533. The second-order valence-electron chi connectivity index (χ2n) is 4.68. The van der Waals surface area contributed by atoms with Gasteiger partial charge in [0.25, 0.3) is 0 Å². The minimum Gasteiger partial charge on any atom is -0.382 e. The van der Waals surface area contributed by atoms with Gasteiger partial charge in [-0.25, -0.2) is 4.98 Å². The van der Waals surface area contributed by atoms with Crippen LogP contribution >= 0.6 is 22.9 Å². The first-order valence-electron chi connectivity index (χ1n) is 6.53. The van der Waals surface area contributed by atoms with E-state index in [9.17, 15) is 0 Å². The number of anilines is 2. The smallest absolute Gasteiger partial charge is 0.148 e. The molecule has 0 aliphatic heterocycles. The van der Waals surface area contributed by atoms with Crippen LogP contribution in [-0.4, -0.2) is 25.7 Å². The van der Waals surface area contributed by atoms with Crippen LogP contribution in [-0.2, 0) is 13.5 Å². The van der Waals surface area contributed by atoms with Gasteiger partial charge in [-0.15, -0.1) is 11.3 Å². The molecule has 0 saturated carbocycles. The molecular formula is C13H16N6S2. The number of aryl methyl sites for hydroxylation is 2. The van der Waals surface area contributed by atoms with Crippen molar-refractivity contribution in [1.82, 2.24) is 19.1 Å². The Bertz CT molecular complexity index is 742. The molecule has 0 spiro atoms. The first-order chi connectivity index (χ1) is 10.1. The van der Waals surface area contributed by atoms with Crippen molar-refractivity contribution >= 4 is 33.7 Å². The largest absolute Gasteiger partial charge is 0.382 e. The van der Waals surface area contributed by atoms with Gasteiger partial charge in [0.2, 0.25) is 0 Å². The Labute approximate surface area is 130 Å². The maximum Gasteiger partial charge on any atom is 0.148 e.